The molecule has 1 aromatic rings. The zero-order valence-corrected chi connectivity index (χ0v) is 13.1. The van der Waals surface area contributed by atoms with E-state index in [1.807, 2.05) is 24.3 Å². The Labute approximate surface area is 128 Å². The van der Waals surface area contributed by atoms with Crippen LogP contribution >= 0.6 is 15.9 Å². The molecular weight excluding hydrogens is 320 g/mol. The first-order chi connectivity index (χ1) is 9.65. The predicted molar refractivity (Wildman–Crippen MR) is 81.8 cm³/mol. The van der Waals surface area contributed by atoms with Crippen molar-refractivity contribution in [1.82, 2.24) is 0 Å². The standard InChI is InChI=1S/C16H21BrO3/c17-14-8-6-12(7-9-14)11-13(16(18)19)3-1-4-15-5-2-10-20-15/h6-9,13,15H,1-5,10-11H2,(H,18,19). The summed E-state index contributed by atoms with van der Waals surface area (Å²) >= 11 is 3.39. The highest BCUT2D eigenvalue weighted by molar-refractivity contribution is 9.10. The second-order valence-corrected chi connectivity index (χ2v) is 6.35. The van der Waals surface area contributed by atoms with E-state index < -0.39 is 5.97 Å². The van der Waals surface area contributed by atoms with Gasteiger partial charge in [-0.15, -0.1) is 0 Å². The van der Waals surface area contributed by atoms with Gasteiger partial charge in [0.05, 0.1) is 12.0 Å². The van der Waals surface area contributed by atoms with E-state index in [0.717, 1.165) is 48.7 Å². The van der Waals surface area contributed by atoms with Crippen molar-refractivity contribution in [1.29, 1.82) is 0 Å². The third-order valence-electron chi connectivity index (χ3n) is 3.85. The van der Waals surface area contributed by atoms with Crippen LogP contribution in [0.4, 0.5) is 0 Å². The fourth-order valence-corrected chi connectivity index (χ4v) is 2.95. The van der Waals surface area contributed by atoms with Gasteiger partial charge < -0.3 is 9.84 Å². The van der Waals surface area contributed by atoms with Crippen LogP contribution in [-0.4, -0.2) is 23.8 Å². The SMILES string of the molecule is O=C(O)C(CCCC1CCCO1)Cc1ccc(Br)cc1. The third kappa shape index (κ3) is 4.91. The molecule has 3 nitrogen and oxygen atoms in total. The lowest BCUT2D eigenvalue weighted by atomic mass is 9.93. The van der Waals surface area contributed by atoms with Crippen LogP contribution in [0, 0.1) is 5.92 Å². The van der Waals surface area contributed by atoms with Crippen LogP contribution in [0.2, 0.25) is 0 Å². The lowest BCUT2D eigenvalue weighted by Gasteiger charge is -2.14. The van der Waals surface area contributed by atoms with E-state index in [-0.39, 0.29) is 5.92 Å². The van der Waals surface area contributed by atoms with E-state index >= 15 is 0 Å². The molecule has 110 valence electrons. The van der Waals surface area contributed by atoms with Crippen molar-refractivity contribution >= 4 is 21.9 Å². The molecule has 0 bridgehead atoms. The molecule has 1 aliphatic heterocycles. The first-order valence-corrected chi connectivity index (χ1v) is 8.03. The van der Waals surface area contributed by atoms with Crippen LogP contribution in [0.5, 0.6) is 0 Å². The van der Waals surface area contributed by atoms with Crippen LogP contribution in [0.15, 0.2) is 28.7 Å². The predicted octanol–water partition coefficient (Wildman–Crippen LogP) is 4.04. The molecule has 0 aromatic heterocycles. The topological polar surface area (TPSA) is 46.5 Å². The largest absolute Gasteiger partial charge is 0.481 e. The number of benzene rings is 1. The summed E-state index contributed by atoms with van der Waals surface area (Å²) in [7, 11) is 0. The fourth-order valence-electron chi connectivity index (χ4n) is 2.68. The zero-order valence-electron chi connectivity index (χ0n) is 11.6. The molecule has 2 rings (SSSR count). The maximum atomic E-state index is 11.4. The minimum atomic E-state index is -0.694. The number of carboxylic acid groups (broad SMARTS) is 1. The number of ether oxygens (including phenoxy) is 1. The van der Waals surface area contributed by atoms with Gasteiger partial charge in [0.1, 0.15) is 0 Å². The van der Waals surface area contributed by atoms with E-state index in [4.69, 9.17) is 4.74 Å². The minimum absolute atomic E-state index is 0.294. The Kier molecular flexibility index (Phi) is 6.05. The molecule has 20 heavy (non-hydrogen) atoms. The maximum Gasteiger partial charge on any atom is 0.306 e. The summed E-state index contributed by atoms with van der Waals surface area (Å²) in [5.74, 6) is -0.988. The van der Waals surface area contributed by atoms with Gasteiger partial charge in [-0.1, -0.05) is 34.5 Å². The van der Waals surface area contributed by atoms with Gasteiger partial charge in [-0.2, -0.15) is 0 Å². The molecule has 0 amide bonds. The molecule has 1 fully saturated rings. The smallest absolute Gasteiger partial charge is 0.306 e. The Morgan fingerprint density at radius 3 is 2.75 bits per heavy atom. The number of hydrogen-bond acceptors (Lipinski definition) is 2. The molecule has 1 aliphatic rings. The molecule has 0 saturated carbocycles. The van der Waals surface area contributed by atoms with Gasteiger partial charge in [-0.3, -0.25) is 4.79 Å². The number of rotatable bonds is 7. The van der Waals surface area contributed by atoms with Gasteiger partial charge in [-0.25, -0.2) is 0 Å². The van der Waals surface area contributed by atoms with Gasteiger partial charge in [0.15, 0.2) is 0 Å². The van der Waals surface area contributed by atoms with Crippen molar-refractivity contribution in [2.24, 2.45) is 5.92 Å². The molecular formula is C16H21BrO3. The molecule has 1 N–H and O–H groups in total. The first kappa shape index (κ1) is 15.5. The molecule has 4 heteroatoms. The Bertz CT molecular complexity index is 424. The normalized spacial score (nSPS) is 19.9. The van der Waals surface area contributed by atoms with Crippen molar-refractivity contribution in [2.75, 3.05) is 6.61 Å². The van der Waals surface area contributed by atoms with Gasteiger partial charge >= 0.3 is 5.97 Å². The monoisotopic (exact) mass is 340 g/mol. The van der Waals surface area contributed by atoms with Crippen LogP contribution in [-0.2, 0) is 16.0 Å². The third-order valence-corrected chi connectivity index (χ3v) is 4.38. The highest BCUT2D eigenvalue weighted by Crippen LogP contribution is 2.22. The Morgan fingerprint density at radius 1 is 1.40 bits per heavy atom. The molecule has 0 spiro atoms. The number of carboxylic acids is 1. The van der Waals surface area contributed by atoms with Gasteiger partial charge in [-0.05, 0) is 49.8 Å². The Morgan fingerprint density at radius 2 is 2.15 bits per heavy atom. The second-order valence-electron chi connectivity index (χ2n) is 5.43. The molecule has 2 unspecified atom stereocenters. The molecule has 2 atom stereocenters. The summed E-state index contributed by atoms with van der Waals surface area (Å²) < 4.78 is 6.59. The molecule has 1 aromatic carbocycles. The summed E-state index contributed by atoms with van der Waals surface area (Å²) in [5.41, 5.74) is 1.08. The average Bonchev–Trinajstić information content (AvgIpc) is 2.93. The maximum absolute atomic E-state index is 11.4. The van der Waals surface area contributed by atoms with Crippen molar-refractivity contribution in [3.63, 3.8) is 0 Å². The highest BCUT2D eigenvalue weighted by atomic mass is 79.9. The molecule has 1 saturated heterocycles. The number of hydrogen-bond donors (Lipinski definition) is 1. The van der Waals surface area contributed by atoms with E-state index in [2.05, 4.69) is 15.9 Å². The quantitative estimate of drug-likeness (QED) is 0.814. The average molecular weight is 341 g/mol. The fraction of sp³-hybridized carbons (Fsp3) is 0.562. The first-order valence-electron chi connectivity index (χ1n) is 7.24. The molecule has 0 aliphatic carbocycles. The van der Waals surface area contributed by atoms with Gasteiger partial charge in [0, 0.05) is 11.1 Å². The van der Waals surface area contributed by atoms with Crippen LogP contribution in [0.3, 0.4) is 0 Å². The summed E-state index contributed by atoms with van der Waals surface area (Å²) in [5, 5.41) is 9.34. The van der Waals surface area contributed by atoms with Crippen LogP contribution in [0.25, 0.3) is 0 Å². The van der Waals surface area contributed by atoms with E-state index in [9.17, 15) is 9.90 Å². The van der Waals surface area contributed by atoms with Crippen LogP contribution < -0.4 is 0 Å². The van der Waals surface area contributed by atoms with Crippen molar-refractivity contribution in [3.8, 4) is 0 Å². The lowest BCUT2D eigenvalue weighted by Crippen LogP contribution is -2.17. The Hall–Kier alpha value is -0.870. The minimum Gasteiger partial charge on any atom is -0.481 e. The number of halogens is 1. The van der Waals surface area contributed by atoms with Crippen molar-refractivity contribution < 1.29 is 14.6 Å². The summed E-state index contributed by atoms with van der Waals surface area (Å²) in [6.45, 7) is 0.867. The van der Waals surface area contributed by atoms with E-state index in [0.29, 0.717) is 12.5 Å². The van der Waals surface area contributed by atoms with Gasteiger partial charge in [0.2, 0.25) is 0 Å². The summed E-state index contributed by atoms with van der Waals surface area (Å²) in [6, 6.07) is 7.89. The van der Waals surface area contributed by atoms with E-state index in [1.54, 1.807) is 0 Å². The number of aliphatic carboxylic acids is 1. The van der Waals surface area contributed by atoms with Crippen molar-refractivity contribution in [2.45, 2.75) is 44.6 Å². The zero-order chi connectivity index (χ0) is 14.4. The van der Waals surface area contributed by atoms with Crippen LogP contribution in [0.1, 0.15) is 37.7 Å². The summed E-state index contributed by atoms with van der Waals surface area (Å²) in [4.78, 5) is 11.4. The number of carbonyl (C=O) groups is 1. The van der Waals surface area contributed by atoms with Crippen molar-refractivity contribution in [3.05, 3.63) is 34.3 Å². The second kappa shape index (κ2) is 7.79. The lowest BCUT2D eigenvalue weighted by molar-refractivity contribution is -0.142. The van der Waals surface area contributed by atoms with Gasteiger partial charge in [0.25, 0.3) is 0 Å². The molecule has 0 radical (unpaired) electrons. The molecule has 1 heterocycles. The highest BCUT2D eigenvalue weighted by Gasteiger charge is 2.20. The van der Waals surface area contributed by atoms with E-state index in [1.165, 1.54) is 0 Å². The summed E-state index contributed by atoms with van der Waals surface area (Å²) in [6.07, 6.45) is 5.88. The Balaban J connectivity index is 1.80.